The van der Waals surface area contributed by atoms with E-state index in [1.165, 1.54) is 5.56 Å². The third kappa shape index (κ3) is 4.08. The Morgan fingerprint density at radius 1 is 1.26 bits per heavy atom. The standard InChI is InChI=1S/C15H20ClN3/c1-3-17-14(11-15-18-8-9-19(15)2)10-12-4-6-13(16)7-5-12/h4-9,14,17H,3,10-11H2,1-2H3. The zero-order chi connectivity index (χ0) is 13.7. The predicted octanol–water partition coefficient (Wildman–Crippen LogP) is 2.84. The minimum Gasteiger partial charge on any atom is -0.338 e. The van der Waals surface area contributed by atoms with Crippen molar-refractivity contribution in [1.29, 1.82) is 0 Å². The molecule has 0 saturated carbocycles. The topological polar surface area (TPSA) is 29.9 Å². The Hall–Kier alpha value is -1.32. The van der Waals surface area contributed by atoms with Crippen LogP contribution in [0.5, 0.6) is 0 Å². The number of imidazole rings is 1. The number of benzene rings is 1. The maximum atomic E-state index is 5.92. The Balaban J connectivity index is 2.03. The molecule has 19 heavy (non-hydrogen) atoms. The lowest BCUT2D eigenvalue weighted by atomic mass is 10.0. The van der Waals surface area contributed by atoms with E-state index in [9.17, 15) is 0 Å². The SMILES string of the molecule is CCNC(Cc1ccc(Cl)cc1)Cc1nccn1C. The van der Waals surface area contributed by atoms with Crippen LogP contribution in [-0.2, 0) is 19.9 Å². The molecule has 3 nitrogen and oxygen atoms in total. The molecule has 1 heterocycles. The first-order valence-electron chi connectivity index (χ1n) is 6.63. The van der Waals surface area contributed by atoms with Gasteiger partial charge in [0.2, 0.25) is 0 Å². The summed E-state index contributed by atoms with van der Waals surface area (Å²) in [5, 5.41) is 4.31. The molecule has 2 rings (SSSR count). The van der Waals surface area contributed by atoms with Crippen LogP contribution in [0.3, 0.4) is 0 Å². The van der Waals surface area contributed by atoms with Gasteiger partial charge >= 0.3 is 0 Å². The Bertz CT molecular complexity index is 504. The lowest BCUT2D eigenvalue weighted by Crippen LogP contribution is -2.33. The van der Waals surface area contributed by atoms with Crippen molar-refractivity contribution in [3.05, 3.63) is 53.1 Å². The first-order chi connectivity index (χ1) is 9.19. The highest BCUT2D eigenvalue weighted by molar-refractivity contribution is 6.30. The Morgan fingerprint density at radius 2 is 2.00 bits per heavy atom. The molecule has 0 aliphatic heterocycles. The number of halogens is 1. The van der Waals surface area contributed by atoms with E-state index in [0.717, 1.165) is 30.2 Å². The van der Waals surface area contributed by atoms with Gasteiger partial charge in [-0.1, -0.05) is 30.7 Å². The van der Waals surface area contributed by atoms with Crippen molar-refractivity contribution >= 4 is 11.6 Å². The van der Waals surface area contributed by atoms with Gasteiger partial charge < -0.3 is 9.88 Å². The first-order valence-corrected chi connectivity index (χ1v) is 7.01. The smallest absolute Gasteiger partial charge is 0.109 e. The minimum absolute atomic E-state index is 0.396. The number of rotatable bonds is 6. The highest BCUT2D eigenvalue weighted by Gasteiger charge is 2.12. The van der Waals surface area contributed by atoms with Crippen LogP contribution in [-0.4, -0.2) is 22.1 Å². The van der Waals surface area contributed by atoms with Crippen LogP contribution in [0.1, 0.15) is 18.3 Å². The molecule has 1 aromatic heterocycles. The van der Waals surface area contributed by atoms with Gasteiger partial charge in [0.15, 0.2) is 0 Å². The van der Waals surface area contributed by atoms with Gasteiger partial charge in [-0.05, 0) is 30.7 Å². The van der Waals surface area contributed by atoms with Crippen LogP contribution in [0.4, 0.5) is 0 Å². The normalized spacial score (nSPS) is 12.6. The summed E-state index contributed by atoms with van der Waals surface area (Å²) in [4.78, 5) is 4.40. The van der Waals surface area contributed by atoms with Gasteiger partial charge in [0, 0.05) is 36.9 Å². The number of aromatic nitrogens is 2. The average Bonchev–Trinajstić information content (AvgIpc) is 2.78. The first kappa shape index (κ1) is 14.1. The molecule has 0 aliphatic rings. The summed E-state index contributed by atoms with van der Waals surface area (Å²) in [6.45, 7) is 3.09. The summed E-state index contributed by atoms with van der Waals surface area (Å²) in [7, 11) is 2.04. The van der Waals surface area contributed by atoms with Crippen LogP contribution >= 0.6 is 11.6 Å². The monoisotopic (exact) mass is 277 g/mol. The molecule has 0 spiro atoms. The van der Waals surface area contributed by atoms with Crippen molar-refractivity contribution in [3.63, 3.8) is 0 Å². The quantitative estimate of drug-likeness (QED) is 0.880. The minimum atomic E-state index is 0.396. The fraction of sp³-hybridized carbons (Fsp3) is 0.400. The van der Waals surface area contributed by atoms with Crippen LogP contribution in [0.25, 0.3) is 0 Å². The van der Waals surface area contributed by atoms with Crippen LogP contribution in [0, 0.1) is 0 Å². The molecule has 1 atom stereocenters. The fourth-order valence-electron chi connectivity index (χ4n) is 2.22. The fourth-order valence-corrected chi connectivity index (χ4v) is 2.35. The molecular weight excluding hydrogens is 258 g/mol. The number of nitrogens with zero attached hydrogens (tertiary/aromatic N) is 2. The molecule has 4 heteroatoms. The third-order valence-electron chi connectivity index (χ3n) is 3.24. The van der Waals surface area contributed by atoms with E-state index in [1.54, 1.807) is 0 Å². The number of likely N-dealkylation sites (N-methyl/N-ethyl adjacent to an activating group) is 1. The summed E-state index contributed by atoms with van der Waals surface area (Å²) in [5.74, 6) is 1.11. The lowest BCUT2D eigenvalue weighted by Gasteiger charge is -2.18. The molecule has 0 radical (unpaired) electrons. The largest absolute Gasteiger partial charge is 0.338 e. The van der Waals surface area contributed by atoms with E-state index in [0.29, 0.717) is 6.04 Å². The molecule has 0 saturated heterocycles. The van der Waals surface area contributed by atoms with Gasteiger partial charge in [-0.2, -0.15) is 0 Å². The number of nitrogens with one attached hydrogen (secondary N) is 1. The van der Waals surface area contributed by atoms with Crippen molar-refractivity contribution in [3.8, 4) is 0 Å². The van der Waals surface area contributed by atoms with Gasteiger partial charge in [0.1, 0.15) is 5.82 Å². The Labute approximate surface area is 119 Å². The van der Waals surface area contributed by atoms with Gasteiger partial charge in [0.25, 0.3) is 0 Å². The van der Waals surface area contributed by atoms with Gasteiger partial charge in [-0.15, -0.1) is 0 Å². The summed E-state index contributed by atoms with van der Waals surface area (Å²) in [6, 6.07) is 8.46. The van der Waals surface area contributed by atoms with Crippen LogP contribution in [0.15, 0.2) is 36.7 Å². The summed E-state index contributed by atoms with van der Waals surface area (Å²) in [5.41, 5.74) is 1.30. The molecule has 0 fully saturated rings. The van der Waals surface area contributed by atoms with Crippen LogP contribution in [0.2, 0.25) is 5.02 Å². The Morgan fingerprint density at radius 3 is 2.58 bits per heavy atom. The maximum absolute atomic E-state index is 5.92. The maximum Gasteiger partial charge on any atom is 0.109 e. The van der Waals surface area contributed by atoms with Gasteiger partial charge in [0.05, 0.1) is 0 Å². The van der Waals surface area contributed by atoms with E-state index in [2.05, 4.69) is 33.9 Å². The highest BCUT2D eigenvalue weighted by atomic mass is 35.5. The zero-order valence-electron chi connectivity index (χ0n) is 11.4. The molecular formula is C15H20ClN3. The third-order valence-corrected chi connectivity index (χ3v) is 3.49. The molecule has 102 valence electrons. The van der Waals surface area contributed by atoms with Crippen molar-refractivity contribution in [1.82, 2.24) is 14.9 Å². The van der Waals surface area contributed by atoms with Crippen molar-refractivity contribution in [2.75, 3.05) is 6.54 Å². The van der Waals surface area contributed by atoms with Crippen molar-refractivity contribution in [2.24, 2.45) is 7.05 Å². The van der Waals surface area contributed by atoms with Gasteiger partial charge in [-0.3, -0.25) is 0 Å². The number of hydrogen-bond acceptors (Lipinski definition) is 2. The lowest BCUT2D eigenvalue weighted by molar-refractivity contribution is 0.504. The van der Waals surface area contributed by atoms with Crippen LogP contribution < -0.4 is 5.32 Å². The number of aryl methyl sites for hydroxylation is 1. The average molecular weight is 278 g/mol. The predicted molar refractivity (Wildman–Crippen MR) is 79.5 cm³/mol. The zero-order valence-corrected chi connectivity index (χ0v) is 12.2. The Kier molecular flexibility index (Phi) is 5.00. The molecule has 2 aromatic rings. The molecule has 0 bridgehead atoms. The summed E-state index contributed by atoms with van der Waals surface area (Å²) in [6.07, 6.45) is 5.75. The number of hydrogen-bond donors (Lipinski definition) is 1. The second-order valence-corrected chi connectivity index (χ2v) is 5.18. The van der Waals surface area contributed by atoms with E-state index in [1.807, 2.05) is 31.6 Å². The molecule has 0 aliphatic carbocycles. The molecule has 1 aromatic carbocycles. The van der Waals surface area contributed by atoms with E-state index < -0.39 is 0 Å². The van der Waals surface area contributed by atoms with Crippen molar-refractivity contribution in [2.45, 2.75) is 25.8 Å². The van der Waals surface area contributed by atoms with Crippen molar-refractivity contribution < 1.29 is 0 Å². The summed E-state index contributed by atoms with van der Waals surface area (Å²) >= 11 is 5.92. The van der Waals surface area contributed by atoms with E-state index >= 15 is 0 Å². The summed E-state index contributed by atoms with van der Waals surface area (Å²) < 4.78 is 2.08. The second kappa shape index (κ2) is 6.73. The van der Waals surface area contributed by atoms with E-state index in [-0.39, 0.29) is 0 Å². The second-order valence-electron chi connectivity index (χ2n) is 4.74. The van der Waals surface area contributed by atoms with E-state index in [4.69, 9.17) is 11.6 Å². The molecule has 0 amide bonds. The molecule has 1 unspecified atom stereocenters. The highest BCUT2D eigenvalue weighted by Crippen LogP contribution is 2.12. The van der Waals surface area contributed by atoms with Gasteiger partial charge in [-0.25, -0.2) is 4.98 Å². The molecule has 1 N–H and O–H groups in total.